The molecule has 2 fully saturated rings. The predicted molar refractivity (Wildman–Crippen MR) is 62.0 cm³/mol. The molecule has 3 heteroatoms. The Labute approximate surface area is 93.2 Å². The molecule has 3 nitrogen and oxygen atoms in total. The second kappa shape index (κ2) is 5.28. The molecule has 2 aliphatic rings. The highest BCUT2D eigenvalue weighted by molar-refractivity contribution is 4.96. The molecular weight excluding hydrogens is 188 g/mol. The number of ether oxygens (including phenoxy) is 1. The maximum atomic E-state index is 5.21. The van der Waals surface area contributed by atoms with Crippen LogP contribution in [0.15, 0.2) is 0 Å². The molecule has 0 radical (unpaired) electrons. The Morgan fingerprint density at radius 2 is 2.07 bits per heavy atom. The van der Waals surface area contributed by atoms with Gasteiger partial charge in [0, 0.05) is 25.7 Å². The van der Waals surface area contributed by atoms with E-state index in [0.29, 0.717) is 0 Å². The summed E-state index contributed by atoms with van der Waals surface area (Å²) in [6.45, 7) is 3.20. The van der Waals surface area contributed by atoms with Crippen LogP contribution in [0.4, 0.5) is 0 Å². The second-order valence-corrected chi connectivity index (χ2v) is 4.92. The summed E-state index contributed by atoms with van der Waals surface area (Å²) in [6, 6.07) is 1.71. The van der Waals surface area contributed by atoms with Crippen LogP contribution in [-0.4, -0.2) is 50.8 Å². The van der Waals surface area contributed by atoms with Gasteiger partial charge in [0.05, 0.1) is 6.61 Å². The van der Waals surface area contributed by atoms with E-state index >= 15 is 0 Å². The summed E-state index contributed by atoms with van der Waals surface area (Å²) in [5, 5.41) is 3.31. The Bertz CT molecular complexity index is 194. The van der Waals surface area contributed by atoms with Crippen molar-refractivity contribution in [2.75, 3.05) is 33.9 Å². The molecular formula is C12H24N2O. The fraction of sp³-hybridized carbons (Fsp3) is 1.00. The van der Waals surface area contributed by atoms with Gasteiger partial charge in [0.15, 0.2) is 0 Å². The molecule has 0 saturated heterocycles. The van der Waals surface area contributed by atoms with Crippen molar-refractivity contribution in [2.45, 2.75) is 37.8 Å². The maximum Gasteiger partial charge on any atom is 0.0589 e. The van der Waals surface area contributed by atoms with Crippen LogP contribution in [0, 0.1) is 5.92 Å². The molecule has 2 rings (SSSR count). The van der Waals surface area contributed by atoms with E-state index in [0.717, 1.165) is 31.2 Å². The van der Waals surface area contributed by atoms with E-state index in [-0.39, 0.29) is 0 Å². The number of nitrogens with zero attached hydrogens (tertiary/aromatic N) is 1. The highest BCUT2D eigenvalue weighted by Gasteiger charge is 2.41. The number of rotatable bonds is 7. The maximum absolute atomic E-state index is 5.21. The Balaban J connectivity index is 1.81. The van der Waals surface area contributed by atoms with Crippen LogP contribution in [0.1, 0.15) is 25.7 Å². The van der Waals surface area contributed by atoms with Crippen LogP contribution in [0.5, 0.6) is 0 Å². The van der Waals surface area contributed by atoms with Crippen molar-refractivity contribution >= 4 is 0 Å². The molecule has 0 aromatic carbocycles. The molecule has 1 N–H and O–H groups in total. The second-order valence-electron chi connectivity index (χ2n) is 4.92. The van der Waals surface area contributed by atoms with Crippen LogP contribution >= 0.6 is 0 Å². The van der Waals surface area contributed by atoms with Crippen LogP contribution in [0.2, 0.25) is 0 Å². The zero-order valence-corrected chi connectivity index (χ0v) is 10.0. The number of hydrogen-bond acceptors (Lipinski definition) is 3. The number of methoxy groups -OCH3 is 1. The van der Waals surface area contributed by atoms with E-state index in [1.807, 2.05) is 0 Å². The van der Waals surface area contributed by atoms with Crippen molar-refractivity contribution in [1.29, 1.82) is 0 Å². The van der Waals surface area contributed by atoms with Gasteiger partial charge in [-0.1, -0.05) is 0 Å². The third kappa shape index (κ3) is 2.71. The van der Waals surface area contributed by atoms with Gasteiger partial charge in [-0.2, -0.15) is 0 Å². The lowest BCUT2D eigenvalue weighted by molar-refractivity contribution is 0.0346. The largest absolute Gasteiger partial charge is 0.383 e. The molecule has 0 aliphatic heterocycles. The van der Waals surface area contributed by atoms with E-state index < -0.39 is 0 Å². The standard InChI is InChI=1S/C12H24N2O/c1-13-9-10-3-6-12(10)14(7-8-15-2)11-4-5-11/h10-13H,3-9H2,1-2H3. The van der Waals surface area contributed by atoms with Crippen molar-refractivity contribution in [3.8, 4) is 0 Å². The molecule has 2 unspecified atom stereocenters. The lowest BCUT2D eigenvalue weighted by atomic mass is 9.78. The fourth-order valence-corrected chi connectivity index (χ4v) is 2.71. The first-order valence-corrected chi connectivity index (χ1v) is 6.26. The molecule has 0 bridgehead atoms. The van der Waals surface area contributed by atoms with Crippen molar-refractivity contribution in [2.24, 2.45) is 5.92 Å². The Kier molecular flexibility index (Phi) is 4.00. The zero-order valence-electron chi connectivity index (χ0n) is 10.0. The van der Waals surface area contributed by atoms with Gasteiger partial charge in [0.2, 0.25) is 0 Å². The van der Waals surface area contributed by atoms with Gasteiger partial charge in [-0.3, -0.25) is 4.90 Å². The molecule has 0 amide bonds. The lowest BCUT2D eigenvalue weighted by Gasteiger charge is -2.44. The van der Waals surface area contributed by atoms with Crippen molar-refractivity contribution < 1.29 is 4.74 Å². The normalized spacial score (nSPS) is 30.6. The van der Waals surface area contributed by atoms with Gasteiger partial charge in [0.1, 0.15) is 0 Å². The summed E-state index contributed by atoms with van der Waals surface area (Å²) >= 11 is 0. The lowest BCUT2D eigenvalue weighted by Crippen LogP contribution is -2.52. The average Bonchev–Trinajstić information content (AvgIpc) is 3.02. The van der Waals surface area contributed by atoms with Gasteiger partial charge in [-0.15, -0.1) is 0 Å². The first-order valence-electron chi connectivity index (χ1n) is 6.26. The van der Waals surface area contributed by atoms with E-state index in [4.69, 9.17) is 4.74 Å². The molecule has 15 heavy (non-hydrogen) atoms. The molecule has 0 spiro atoms. The molecule has 0 aromatic rings. The number of hydrogen-bond donors (Lipinski definition) is 1. The van der Waals surface area contributed by atoms with Crippen molar-refractivity contribution in [1.82, 2.24) is 10.2 Å². The summed E-state index contributed by atoms with van der Waals surface area (Å²) in [4.78, 5) is 2.70. The molecule has 2 aliphatic carbocycles. The van der Waals surface area contributed by atoms with E-state index in [1.165, 1.54) is 32.2 Å². The van der Waals surface area contributed by atoms with Gasteiger partial charge < -0.3 is 10.1 Å². The zero-order chi connectivity index (χ0) is 10.7. The average molecular weight is 212 g/mol. The monoisotopic (exact) mass is 212 g/mol. The summed E-state index contributed by atoms with van der Waals surface area (Å²) in [5.41, 5.74) is 0. The molecule has 2 saturated carbocycles. The topological polar surface area (TPSA) is 24.5 Å². The van der Waals surface area contributed by atoms with E-state index in [9.17, 15) is 0 Å². The number of nitrogens with one attached hydrogen (secondary N) is 1. The minimum atomic E-state index is 0.833. The van der Waals surface area contributed by atoms with Crippen LogP contribution in [0.3, 0.4) is 0 Å². The van der Waals surface area contributed by atoms with Crippen LogP contribution < -0.4 is 5.32 Å². The molecule has 88 valence electrons. The van der Waals surface area contributed by atoms with Gasteiger partial charge in [0.25, 0.3) is 0 Å². The Hall–Kier alpha value is -0.120. The van der Waals surface area contributed by atoms with Crippen molar-refractivity contribution in [3.63, 3.8) is 0 Å². The van der Waals surface area contributed by atoms with Crippen LogP contribution in [0.25, 0.3) is 0 Å². The SMILES string of the molecule is CNCC1CCC1N(CCOC)C1CC1. The summed E-state index contributed by atoms with van der Waals surface area (Å²) in [7, 11) is 3.86. The minimum absolute atomic E-state index is 0.833. The van der Waals surface area contributed by atoms with E-state index in [1.54, 1.807) is 7.11 Å². The summed E-state index contributed by atoms with van der Waals surface area (Å²) in [5.74, 6) is 0.882. The van der Waals surface area contributed by atoms with Gasteiger partial charge in [-0.25, -0.2) is 0 Å². The van der Waals surface area contributed by atoms with Gasteiger partial charge >= 0.3 is 0 Å². The first-order chi connectivity index (χ1) is 7.36. The first kappa shape index (κ1) is 11.4. The third-order valence-electron chi connectivity index (χ3n) is 3.84. The smallest absolute Gasteiger partial charge is 0.0589 e. The summed E-state index contributed by atoms with van der Waals surface area (Å²) in [6.07, 6.45) is 5.62. The predicted octanol–water partition coefficient (Wildman–Crippen LogP) is 1.10. The highest BCUT2D eigenvalue weighted by atomic mass is 16.5. The fourth-order valence-electron chi connectivity index (χ4n) is 2.71. The van der Waals surface area contributed by atoms with E-state index in [2.05, 4.69) is 17.3 Å². The molecule has 0 aromatic heterocycles. The Morgan fingerprint density at radius 3 is 2.53 bits per heavy atom. The summed E-state index contributed by atoms with van der Waals surface area (Å²) < 4.78 is 5.21. The van der Waals surface area contributed by atoms with Crippen molar-refractivity contribution in [3.05, 3.63) is 0 Å². The van der Waals surface area contributed by atoms with Gasteiger partial charge in [-0.05, 0) is 45.2 Å². The Morgan fingerprint density at radius 1 is 1.27 bits per heavy atom. The molecule has 2 atom stereocenters. The third-order valence-corrected chi connectivity index (χ3v) is 3.84. The minimum Gasteiger partial charge on any atom is -0.383 e. The highest BCUT2D eigenvalue weighted by Crippen LogP contribution is 2.38. The quantitative estimate of drug-likeness (QED) is 0.684. The molecule has 0 heterocycles. The van der Waals surface area contributed by atoms with Crippen LogP contribution in [-0.2, 0) is 4.74 Å².